The number of carbonyl (C=O) groups is 1. The Hall–Kier alpha value is -2.94. The Morgan fingerprint density at radius 2 is 1.92 bits per heavy atom. The third-order valence-corrected chi connectivity index (χ3v) is 4.21. The van der Waals surface area contributed by atoms with Gasteiger partial charge >= 0.3 is 0 Å². The lowest BCUT2D eigenvalue weighted by Crippen LogP contribution is -2.09. The van der Waals surface area contributed by atoms with Gasteiger partial charge in [0.25, 0.3) is 0 Å². The summed E-state index contributed by atoms with van der Waals surface area (Å²) in [4.78, 5) is 25.5. The molecule has 8 nitrogen and oxygen atoms in total. The van der Waals surface area contributed by atoms with Crippen LogP contribution in [0.25, 0.3) is 0 Å². The van der Waals surface area contributed by atoms with Crippen LogP contribution in [-0.4, -0.2) is 31.1 Å². The number of hydrogen-bond donors (Lipinski definition) is 3. The predicted molar refractivity (Wildman–Crippen MR) is 101 cm³/mol. The molecule has 0 spiro atoms. The van der Waals surface area contributed by atoms with Gasteiger partial charge in [0.15, 0.2) is 11.0 Å². The van der Waals surface area contributed by atoms with Gasteiger partial charge in [-0.25, -0.2) is 4.98 Å². The molecule has 3 N–H and O–H groups in total. The van der Waals surface area contributed by atoms with Gasteiger partial charge in [-0.05, 0) is 49.9 Å². The van der Waals surface area contributed by atoms with Crippen LogP contribution in [0.2, 0.25) is 0 Å². The predicted octanol–water partition coefficient (Wildman–Crippen LogP) is 3.45. The maximum atomic E-state index is 11.4. The lowest BCUT2D eigenvalue weighted by atomic mass is 10.3. The number of anilines is 3. The number of amides is 1. The molecule has 0 aliphatic rings. The van der Waals surface area contributed by atoms with Crippen LogP contribution in [0, 0.1) is 13.8 Å². The summed E-state index contributed by atoms with van der Waals surface area (Å²) in [7, 11) is 0. The van der Waals surface area contributed by atoms with Gasteiger partial charge in [0.05, 0.1) is 0 Å². The Balaban J connectivity index is 1.72. The minimum absolute atomic E-state index is 0.0113. The van der Waals surface area contributed by atoms with Crippen molar-refractivity contribution >= 4 is 35.1 Å². The molecule has 1 amide bonds. The highest BCUT2D eigenvalue weighted by atomic mass is 32.2. The van der Waals surface area contributed by atoms with Crippen LogP contribution in [0.4, 0.5) is 17.5 Å². The van der Waals surface area contributed by atoms with Crippen molar-refractivity contribution < 1.29 is 4.79 Å². The molecule has 0 aliphatic carbocycles. The molecule has 9 heteroatoms. The van der Waals surface area contributed by atoms with Crippen molar-refractivity contribution in [3.8, 4) is 0 Å². The van der Waals surface area contributed by atoms with Gasteiger partial charge in [0, 0.05) is 28.8 Å². The first-order valence-electron chi connectivity index (χ1n) is 8.11. The number of aromatic amines is 1. The Morgan fingerprint density at radius 1 is 1.15 bits per heavy atom. The summed E-state index contributed by atoms with van der Waals surface area (Å²) in [6.07, 6.45) is 0.450. The normalized spacial score (nSPS) is 10.6. The topological polar surface area (TPSA) is 108 Å². The van der Waals surface area contributed by atoms with E-state index < -0.39 is 0 Å². The van der Waals surface area contributed by atoms with Crippen molar-refractivity contribution in [1.29, 1.82) is 0 Å². The van der Waals surface area contributed by atoms with Crippen LogP contribution in [0.3, 0.4) is 0 Å². The average Bonchev–Trinajstić information content (AvgIpc) is 3.01. The number of carbonyl (C=O) groups excluding carboxylic acids is 1. The first kappa shape index (κ1) is 17.9. The maximum absolute atomic E-state index is 11.4. The highest BCUT2D eigenvalue weighted by Crippen LogP contribution is 2.27. The van der Waals surface area contributed by atoms with Gasteiger partial charge in [0.2, 0.25) is 11.9 Å². The molecule has 2 heterocycles. The molecule has 2 aromatic heterocycles. The van der Waals surface area contributed by atoms with E-state index in [-0.39, 0.29) is 5.91 Å². The summed E-state index contributed by atoms with van der Waals surface area (Å²) in [6.45, 7) is 5.55. The molecule has 3 aromatic rings. The fraction of sp³-hybridized carbons (Fsp3) is 0.235. The fourth-order valence-corrected chi connectivity index (χ4v) is 2.91. The van der Waals surface area contributed by atoms with Gasteiger partial charge in [-0.15, -0.1) is 0 Å². The smallest absolute Gasteiger partial charge is 0.232 e. The van der Waals surface area contributed by atoms with Gasteiger partial charge in [-0.3, -0.25) is 9.89 Å². The van der Waals surface area contributed by atoms with E-state index in [1.165, 1.54) is 11.8 Å². The zero-order valence-corrected chi connectivity index (χ0v) is 15.5. The van der Waals surface area contributed by atoms with E-state index in [0.29, 0.717) is 29.2 Å². The summed E-state index contributed by atoms with van der Waals surface area (Å²) in [5, 5.41) is 13.4. The largest absolute Gasteiger partial charge is 0.326 e. The average molecular weight is 369 g/mol. The molecule has 26 heavy (non-hydrogen) atoms. The van der Waals surface area contributed by atoms with Gasteiger partial charge in [-0.2, -0.15) is 15.1 Å². The molecule has 0 saturated heterocycles. The van der Waals surface area contributed by atoms with Crippen LogP contribution >= 0.6 is 11.8 Å². The van der Waals surface area contributed by atoms with Crippen molar-refractivity contribution in [3.63, 3.8) is 0 Å². The summed E-state index contributed by atoms with van der Waals surface area (Å²) in [5.74, 6) is 1.70. The minimum Gasteiger partial charge on any atom is -0.326 e. The van der Waals surface area contributed by atoms with E-state index in [2.05, 4.69) is 35.8 Å². The molecule has 0 bridgehead atoms. The lowest BCUT2D eigenvalue weighted by Gasteiger charge is -2.07. The van der Waals surface area contributed by atoms with Crippen LogP contribution in [0.1, 0.15) is 24.9 Å². The van der Waals surface area contributed by atoms with E-state index in [1.807, 2.05) is 51.1 Å². The molecular weight excluding hydrogens is 350 g/mol. The molecule has 134 valence electrons. The van der Waals surface area contributed by atoms with Crippen LogP contribution in [-0.2, 0) is 4.79 Å². The van der Waals surface area contributed by atoms with Gasteiger partial charge in [-0.1, -0.05) is 6.92 Å². The zero-order valence-electron chi connectivity index (χ0n) is 14.7. The number of nitrogens with one attached hydrogen (secondary N) is 3. The molecule has 0 radical (unpaired) electrons. The van der Waals surface area contributed by atoms with Crippen molar-refractivity contribution in [2.75, 3.05) is 10.6 Å². The second-order valence-corrected chi connectivity index (χ2v) is 6.62. The molecule has 0 aliphatic heterocycles. The van der Waals surface area contributed by atoms with Gasteiger partial charge in [0.1, 0.15) is 5.82 Å². The molecule has 0 unspecified atom stereocenters. The number of nitrogens with zero attached hydrogens (tertiary/aromatic N) is 4. The first-order chi connectivity index (χ1) is 12.5. The van der Waals surface area contributed by atoms with E-state index in [9.17, 15) is 4.79 Å². The van der Waals surface area contributed by atoms with Crippen LogP contribution < -0.4 is 10.6 Å². The Labute approximate surface area is 155 Å². The lowest BCUT2D eigenvalue weighted by molar-refractivity contribution is -0.115. The summed E-state index contributed by atoms with van der Waals surface area (Å²) in [6, 6.07) is 9.42. The fourth-order valence-electron chi connectivity index (χ4n) is 2.12. The van der Waals surface area contributed by atoms with Crippen LogP contribution in [0.5, 0.6) is 0 Å². The summed E-state index contributed by atoms with van der Waals surface area (Å²) < 4.78 is 0. The molecule has 0 saturated carbocycles. The number of aromatic nitrogens is 5. The number of aryl methyl sites for hydroxylation is 2. The Kier molecular flexibility index (Phi) is 5.47. The van der Waals surface area contributed by atoms with E-state index in [4.69, 9.17) is 0 Å². The molecule has 3 rings (SSSR count). The van der Waals surface area contributed by atoms with Crippen molar-refractivity contribution in [3.05, 3.63) is 41.9 Å². The number of H-pyrrole nitrogens is 1. The third kappa shape index (κ3) is 4.79. The number of rotatable bonds is 6. The second kappa shape index (κ2) is 7.96. The number of hydrogen-bond acceptors (Lipinski definition) is 7. The third-order valence-electron chi connectivity index (χ3n) is 3.34. The highest BCUT2D eigenvalue weighted by molar-refractivity contribution is 7.99. The zero-order chi connectivity index (χ0) is 18.5. The SMILES string of the molecule is CCC(=O)Nc1ccc(Sc2nc(C)nc(Nc3cc(C)[nH]n3)n2)cc1. The molecule has 0 atom stereocenters. The maximum Gasteiger partial charge on any atom is 0.232 e. The minimum atomic E-state index is -0.0113. The van der Waals surface area contributed by atoms with Gasteiger partial charge < -0.3 is 10.6 Å². The standard InChI is InChI=1S/C17H19N7OS/c1-4-15(25)20-12-5-7-13(8-6-12)26-17-19-11(3)18-16(22-17)21-14-9-10(2)23-24-14/h5-9H,4H2,1-3H3,(H,20,25)(H2,18,19,21,22,23,24). The molecule has 0 fully saturated rings. The van der Waals surface area contributed by atoms with Crippen molar-refractivity contribution in [2.45, 2.75) is 37.2 Å². The number of benzene rings is 1. The summed E-state index contributed by atoms with van der Waals surface area (Å²) >= 11 is 1.42. The van der Waals surface area contributed by atoms with Crippen LogP contribution in [0.15, 0.2) is 40.4 Å². The molecule has 1 aromatic carbocycles. The Bertz CT molecular complexity index is 908. The van der Waals surface area contributed by atoms with E-state index in [0.717, 1.165) is 16.3 Å². The molecular formula is C17H19N7OS. The van der Waals surface area contributed by atoms with E-state index >= 15 is 0 Å². The van der Waals surface area contributed by atoms with Crippen molar-refractivity contribution in [2.24, 2.45) is 0 Å². The highest BCUT2D eigenvalue weighted by Gasteiger charge is 2.08. The van der Waals surface area contributed by atoms with Crippen molar-refractivity contribution in [1.82, 2.24) is 25.1 Å². The van der Waals surface area contributed by atoms with E-state index in [1.54, 1.807) is 0 Å². The Morgan fingerprint density at radius 3 is 2.58 bits per heavy atom. The first-order valence-corrected chi connectivity index (χ1v) is 8.93. The summed E-state index contributed by atoms with van der Waals surface area (Å²) in [5.41, 5.74) is 1.72. The quantitative estimate of drug-likeness (QED) is 0.610. The second-order valence-electron chi connectivity index (χ2n) is 5.58. The monoisotopic (exact) mass is 369 g/mol.